The second-order valence-electron chi connectivity index (χ2n) is 5.07. The maximum Gasteiger partial charge on any atom is 0.243 e. The Balaban J connectivity index is 1.65. The molecular weight excluding hydrogens is 331 g/mol. The number of carbonyl (C=O) groups excluding carboxylic acids is 1. The minimum atomic E-state index is -0.156. The summed E-state index contributed by atoms with van der Waals surface area (Å²) in [4.78, 5) is 12.1. The third-order valence-electron chi connectivity index (χ3n) is 3.42. The molecule has 0 spiro atoms. The molecule has 3 rings (SSSR count). The third-order valence-corrected chi connectivity index (χ3v) is 4.24. The first-order valence-corrected chi connectivity index (χ1v) is 7.85. The minimum Gasteiger partial charge on any atom is -0.375 e. The van der Waals surface area contributed by atoms with Crippen LogP contribution in [0.2, 0.25) is 10.0 Å². The molecule has 3 aromatic carbocycles. The molecule has 0 unspecified atom stereocenters. The van der Waals surface area contributed by atoms with E-state index < -0.39 is 0 Å². The van der Waals surface area contributed by atoms with Gasteiger partial charge in [-0.25, -0.2) is 0 Å². The minimum absolute atomic E-state index is 0.104. The van der Waals surface area contributed by atoms with E-state index in [9.17, 15) is 4.79 Å². The molecule has 0 fully saturated rings. The van der Waals surface area contributed by atoms with Crippen LogP contribution in [0.25, 0.3) is 10.8 Å². The van der Waals surface area contributed by atoms with Crippen LogP contribution in [0.15, 0.2) is 60.7 Å². The Morgan fingerprint density at radius 2 is 1.70 bits per heavy atom. The van der Waals surface area contributed by atoms with E-state index >= 15 is 0 Å². The lowest BCUT2D eigenvalue weighted by molar-refractivity contribution is -0.114. The quantitative estimate of drug-likeness (QED) is 0.683. The van der Waals surface area contributed by atoms with E-state index in [0.29, 0.717) is 15.7 Å². The number of anilines is 2. The van der Waals surface area contributed by atoms with E-state index in [2.05, 4.69) is 10.6 Å². The Kier molecular flexibility index (Phi) is 4.70. The summed E-state index contributed by atoms with van der Waals surface area (Å²) in [6, 6.07) is 19.0. The Morgan fingerprint density at radius 3 is 2.52 bits per heavy atom. The predicted octanol–water partition coefficient (Wildman–Crippen LogP) is 5.20. The molecule has 0 atom stereocenters. The van der Waals surface area contributed by atoms with E-state index in [0.717, 1.165) is 16.5 Å². The van der Waals surface area contributed by atoms with Crippen LogP contribution in [0, 0.1) is 0 Å². The fourth-order valence-corrected chi connectivity index (χ4v) is 2.66. The summed E-state index contributed by atoms with van der Waals surface area (Å²) in [5, 5.41) is 8.92. The molecular formula is C18H14Cl2N2O. The standard InChI is InChI=1S/C18H14Cl2N2O/c19-15-6-3-7-16(18(15)20)21-11-17(23)22-14-9-8-12-4-1-2-5-13(12)10-14/h1-10,21H,11H2,(H,22,23). The maximum absolute atomic E-state index is 12.1. The summed E-state index contributed by atoms with van der Waals surface area (Å²) in [5.41, 5.74) is 1.39. The van der Waals surface area contributed by atoms with Gasteiger partial charge in [-0.15, -0.1) is 0 Å². The van der Waals surface area contributed by atoms with Gasteiger partial charge in [0.25, 0.3) is 0 Å². The molecule has 0 saturated heterocycles. The summed E-state index contributed by atoms with van der Waals surface area (Å²) in [5.74, 6) is -0.156. The van der Waals surface area contributed by atoms with Crippen molar-refractivity contribution in [2.45, 2.75) is 0 Å². The highest BCUT2D eigenvalue weighted by Crippen LogP contribution is 2.29. The van der Waals surface area contributed by atoms with Crippen molar-refractivity contribution in [2.75, 3.05) is 17.2 Å². The fraction of sp³-hybridized carbons (Fsp3) is 0.0556. The average molecular weight is 345 g/mol. The molecule has 23 heavy (non-hydrogen) atoms. The van der Waals surface area contributed by atoms with Gasteiger partial charge in [-0.2, -0.15) is 0 Å². The van der Waals surface area contributed by atoms with Crippen LogP contribution in [-0.4, -0.2) is 12.5 Å². The lowest BCUT2D eigenvalue weighted by Gasteiger charge is -2.10. The lowest BCUT2D eigenvalue weighted by atomic mass is 10.1. The number of benzene rings is 3. The zero-order valence-corrected chi connectivity index (χ0v) is 13.7. The molecule has 0 heterocycles. The van der Waals surface area contributed by atoms with Crippen LogP contribution in [-0.2, 0) is 4.79 Å². The second kappa shape index (κ2) is 6.90. The SMILES string of the molecule is O=C(CNc1cccc(Cl)c1Cl)Nc1ccc2ccccc2c1. The summed E-state index contributed by atoms with van der Waals surface area (Å²) >= 11 is 12.0. The van der Waals surface area contributed by atoms with Crippen molar-refractivity contribution in [1.82, 2.24) is 0 Å². The van der Waals surface area contributed by atoms with Gasteiger partial charge in [0.1, 0.15) is 0 Å². The molecule has 2 N–H and O–H groups in total. The summed E-state index contributed by atoms with van der Waals surface area (Å²) in [6.07, 6.45) is 0. The topological polar surface area (TPSA) is 41.1 Å². The van der Waals surface area contributed by atoms with Crippen LogP contribution in [0.5, 0.6) is 0 Å². The Morgan fingerprint density at radius 1 is 0.913 bits per heavy atom. The van der Waals surface area contributed by atoms with Crippen LogP contribution < -0.4 is 10.6 Å². The lowest BCUT2D eigenvalue weighted by Crippen LogP contribution is -2.21. The highest BCUT2D eigenvalue weighted by atomic mass is 35.5. The maximum atomic E-state index is 12.1. The highest BCUT2D eigenvalue weighted by molar-refractivity contribution is 6.43. The van der Waals surface area contributed by atoms with Crippen molar-refractivity contribution in [3.05, 3.63) is 70.7 Å². The van der Waals surface area contributed by atoms with E-state index in [1.54, 1.807) is 18.2 Å². The molecule has 3 nitrogen and oxygen atoms in total. The average Bonchev–Trinajstić information content (AvgIpc) is 2.56. The van der Waals surface area contributed by atoms with Gasteiger partial charge < -0.3 is 10.6 Å². The molecule has 5 heteroatoms. The van der Waals surface area contributed by atoms with Crippen molar-refractivity contribution in [2.24, 2.45) is 0 Å². The van der Waals surface area contributed by atoms with Gasteiger partial charge in [0.15, 0.2) is 0 Å². The molecule has 0 aliphatic heterocycles. The van der Waals surface area contributed by atoms with Crippen LogP contribution in [0.1, 0.15) is 0 Å². The number of rotatable bonds is 4. The first-order chi connectivity index (χ1) is 11.1. The molecule has 3 aromatic rings. The van der Waals surface area contributed by atoms with Crippen LogP contribution in [0.3, 0.4) is 0 Å². The van der Waals surface area contributed by atoms with E-state index in [1.165, 1.54) is 0 Å². The first-order valence-electron chi connectivity index (χ1n) is 7.10. The van der Waals surface area contributed by atoms with Gasteiger partial charge in [-0.1, -0.05) is 59.6 Å². The zero-order chi connectivity index (χ0) is 16.2. The van der Waals surface area contributed by atoms with Gasteiger partial charge in [-0.05, 0) is 35.0 Å². The van der Waals surface area contributed by atoms with Gasteiger partial charge in [0, 0.05) is 5.69 Å². The Labute approximate surface area is 144 Å². The molecule has 0 bridgehead atoms. The van der Waals surface area contributed by atoms with Crippen molar-refractivity contribution < 1.29 is 4.79 Å². The normalized spacial score (nSPS) is 10.5. The molecule has 1 amide bonds. The van der Waals surface area contributed by atoms with Gasteiger partial charge >= 0.3 is 0 Å². The number of amides is 1. The van der Waals surface area contributed by atoms with Gasteiger partial charge in [0.05, 0.1) is 22.3 Å². The number of halogens is 2. The number of fused-ring (bicyclic) bond motifs is 1. The molecule has 0 aromatic heterocycles. The highest BCUT2D eigenvalue weighted by Gasteiger charge is 2.07. The molecule has 0 saturated carbocycles. The van der Waals surface area contributed by atoms with Crippen LogP contribution in [0.4, 0.5) is 11.4 Å². The fourth-order valence-electron chi connectivity index (χ4n) is 2.29. The third kappa shape index (κ3) is 3.76. The van der Waals surface area contributed by atoms with Crippen molar-refractivity contribution >= 4 is 51.3 Å². The van der Waals surface area contributed by atoms with E-state index in [4.69, 9.17) is 23.2 Å². The predicted molar refractivity (Wildman–Crippen MR) is 97.5 cm³/mol. The summed E-state index contributed by atoms with van der Waals surface area (Å²) < 4.78 is 0. The van der Waals surface area contributed by atoms with Gasteiger partial charge in [-0.3, -0.25) is 4.79 Å². The zero-order valence-electron chi connectivity index (χ0n) is 12.1. The van der Waals surface area contributed by atoms with Crippen molar-refractivity contribution in [3.8, 4) is 0 Å². The van der Waals surface area contributed by atoms with E-state index in [-0.39, 0.29) is 12.5 Å². The number of carbonyl (C=O) groups is 1. The van der Waals surface area contributed by atoms with Crippen LogP contribution >= 0.6 is 23.2 Å². The van der Waals surface area contributed by atoms with Crippen molar-refractivity contribution in [3.63, 3.8) is 0 Å². The Bertz CT molecular complexity index is 865. The van der Waals surface area contributed by atoms with Crippen molar-refractivity contribution in [1.29, 1.82) is 0 Å². The second-order valence-corrected chi connectivity index (χ2v) is 5.85. The largest absolute Gasteiger partial charge is 0.375 e. The number of hydrogen-bond acceptors (Lipinski definition) is 2. The van der Waals surface area contributed by atoms with Gasteiger partial charge in [0.2, 0.25) is 5.91 Å². The monoisotopic (exact) mass is 344 g/mol. The molecule has 0 aliphatic rings. The number of hydrogen-bond donors (Lipinski definition) is 2. The smallest absolute Gasteiger partial charge is 0.243 e. The number of nitrogens with one attached hydrogen (secondary N) is 2. The summed E-state index contributed by atoms with van der Waals surface area (Å²) in [7, 11) is 0. The molecule has 0 radical (unpaired) electrons. The van der Waals surface area contributed by atoms with E-state index in [1.807, 2.05) is 42.5 Å². The Hall–Kier alpha value is -2.23. The molecule has 116 valence electrons. The molecule has 0 aliphatic carbocycles. The summed E-state index contributed by atoms with van der Waals surface area (Å²) in [6.45, 7) is 0.104. The first kappa shape index (κ1) is 15.7.